The molecule has 1 aromatic carbocycles. The third-order valence-corrected chi connectivity index (χ3v) is 6.68. The van der Waals surface area contributed by atoms with Crippen molar-refractivity contribution in [3.63, 3.8) is 0 Å². The van der Waals surface area contributed by atoms with Gasteiger partial charge in [0.15, 0.2) is 0 Å². The summed E-state index contributed by atoms with van der Waals surface area (Å²) in [6.07, 6.45) is 2.54. The molecule has 2 aromatic rings. The van der Waals surface area contributed by atoms with E-state index < -0.39 is 0 Å². The zero-order valence-corrected chi connectivity index (χ0v) is 17.7. The van der Waals surface area contributed by atoms with Crippen LogP contribution in [0.5, 0.6) is 0 Å². The molecule has 28 heavy (non-hydrogen) atoms. The van der Waals surface area contributed by atoms with E-state index in [0.717, 1.165) is 49.5 Å². The number of carbonyl (C=O) groups excluding carboxylic acids is 2. The lowest BCUT2D eigenvalue weighted by Crippen LogP contribution is -2.46. The van der Waals surface area contributed by atoms with Crippen LogP contribution in [-0.4, -0.2) is 40.7 Å². The third-order valence-electron chi connectivity index (χ3n) is 5.84. The van der Waals surface area contributed by atoms with Crippen LogP contribution < -0.4 is 5.32 Å². The van der Waals surface area contributed by atoms with Gasteiger partial charge in [-0.05, 0) is 51.8 Å². The monoisotopic (exact) mass is 399 g/mol. The van der Waals surface area contributed by atoms with E-state index >= 15 is 0 Å². The van der Waals surface area contributed by atoms with Gasteiger partial charge in [0, 0.05) is 11.4 Å². The SMILES string of the molecule is CCC(C)NC(=O)c1csc(CN2CCC(C(C)=O)(c3ccccc3)CC2)n1. The fraction of sp³-hybridized carbons (Fsp3) is 0.500. The van der Waals surface area contributed by atoms with Gasteiger partial charge >= 0.3 is 0 Å². The average Bonchev–Trinajstić information content (AvgIpc) is 3.17. The Kier molecular flexibility index (Phi) is 6.62. The topological polar surface area (TPSA) is 62.3 Å². The second-order valence-corrected chi connectivity index (χ2v) is 8.63. The van der Waals surface area contributed by atoms with Crippen LogP contribution in [0.4, 0.5) is 0 Å². The summed E-state index contributed by atoms with van der Waals surface area (Å²) < 4.78 is 0. The summed E-state index contributed by atoms with van der Waals surface area (Å²) in [6.45, 7) is 8.18. The van der Waals surface area contributed by atoms with E-state index in [1.54, 1.807) is 6.92 Å². The maximum atomic E-state index is 12.5. The number of amides is 1. The van der Waals surface area contributed by atoms with Gasteiger partial charge in [-0.1, -0.05) is 37.3 Å². The molecule has 1 N–H and O–H groups in total. The van der Waals surface area contributed by atoms with Crippen molar-refractivity contribution in [2.24, 2.45) is 0 Å². The van der Waals surface area contributed by atoms with Crippen LogP contribution in [0.25, 0.3) is 0 Å². The number of thiazole rings is 1. The predicted molar refractivity (Wildman–Crippen MR) is 113 cm³/mol. The van der Waals surface area contributed by atoms with E-state index in [2.05, 4.69) is 27.3 Å². The van der Waals surface area contributed by atoms with Crippen molar-refractivity contribution in [2.75, 3.05) is 13.1 Å². The van der Waals surface area contributed by atoms with Gasteiger partial charge in [-0.15, -0.1) is 11.3 Å². The molecule has 150 valence electrons. The molecule has 0 spiro atoms. The van der Waals surface area contributed by atoms with Crippen LogP contribution in [0, 0.1) is 0 Å². The lowest BCUT2D eigenvalue weighted by atomic mass is 9.70. The maximum Gasteiger partial charge on any atom is 0.270 e. The summed E-state index contributed by atoms with van der Waals surface area (Å²) in [5, 5.41) is 5.74. The Balaban J connectivity index is 1.61. The average molecular weight is 400 g/mol. The smallest absolute Gasteiger partial charge is 0.270 e. The number of hydrogen-bond donors (Lipinski definition) is 1. The number of ketones is 1. The predicted octanol–water partition coefficient (Wildman–Crippen LogP) is 3.79. The molecule has 1 amide bonds. The van der Waals surface area contributed by atoms with Crippen LogP contribution >= 0.6 is 11.3 Å². The summed E-state index contributed by atoms with van der Waals surface area (Å²) in [5.74, 6) is 0.145. The Bertz CT molecular complexity index is 810. The summed E-state index contributed by atoms with van der Waals surface area (Å²) >= 11 is 1.53. The van der Waals surface area contributed by atoms with Crippen molar-refractivity contribution in [2.45, 2.75) is 58.0 Å². The van der Waals surface area contributed by atoms with Crippen LogP contribution in [0.2, 0.25) is 0 Å². The second-order valence-electron chi connectivity index (χ2n) is 7.69. The third kappa shape index (κ3) is 4.50. The molecule has 1 aromatic heterocycles. The van der Waals surface area contributed by atoms with Crippen molar-refractivity contribution >= 4 is 23.0 Å². The molecule has 1 aliphatic heterocycles. The first-order valence-corrected chi connectivity index (χ1v) is 10.9. The van der Waals surface area contributed by atoms with E-state index in [1.165, 1.54) is 11.3 Å². The lowest BCUT2D eigenvalue weighted by Gasteiger charge is -2.40. The number of Topliss-reactive ketones (excluding diaryl/α,β-unsaturated/α-hetero) is 1. The van der Waals surface area contributed by atoms with E-state index in [-0.39, 0.29) is 23.1 Å². The van der Waals surface area contributed by atoms with Crippen LogP contribution in [0.3, 0.4) is 0 Å². The molecule has 1 aliphatic rings. The summed E-state index contributed by atoms with van der Waals surface area (Å²) in [7, 11) is 0. The first kappa shape index (κ1) is 20.7. The fourth-order valence-corrected chi connectivity index (χ4v) is 4.59. The van der Waals surface area contributed by atoms with Gasteiger partial charge in [-0.25, -0.2) is 4.98 Å². The van der Waals surface area contributed by atoms with Gasteiger partial charge in [0.1, 0.15) is 16.5 Å². The van der Waals surface area contributed by atoms with Crippen LogP contribution in [0.1, 0.15) is 61.1 Å². The fourth-order valence-electron chi connectivity index (χ4n) is 3.77. The molecule has 0 radical (unpaired) electrons. The minimum atomic E-state index is -0.373. The van der Waals surface area contributed by atoms with Gasteiger partial charge in [0.05, 0.1) is 12.0 Å². The van der Waals surface area contributed by atoms with Gasteiger partial charge in [0.2, 0.25) is 0 Å². The molecule has 1 saturated heterocycles. The molecule has 0 saturated carbocycles. The molecule has 3 rings (SSSR count). The Morgan fingerprint density at radius 2 is 1.93 bits per heavy atom. The van der Waals surface area contributed by atoms with Gasteiger partial charge in [0.25, 0.3) is 5.91 Å². The number of rotatable bonds is 7. The number of piperidine rings is 1. The Morgan fingerprint density at radius 1 is 1.25 bits per heavy atom. The van der Waals surface area contributed by atoms with Gasteiger partial charge in [-0.3, -0.25) is 14.5 Å². The van der Waals surface area contributed by atoms with Gasteiger partial charge < -0.3 is 5.32 Å². The number of likely N-dealkylation sites (tertiary alicyclic amines) is 1. The number of nitrogens with zero attached hydrogens (tertiary/aromatic N) is 2. The van der Waals surface area contributed by atoms with Crippen molar-refractivity contribution < 1.29 is 9.59 Å². The molecule has 2 heterocycles. The number of benzene rings is 1. The zero-order chi connectivity index (χ0) is 20.1. The Labute approximate surface area is 171 Å². The summed E-state index contributed by atoms with van der Waals surface area (Å²) in [4.78, 5) is 31.6. The van der Waals surface area contributed by atoms with E-state index in [9.17, 15) is 9.59 Å². The van der Waals surface area contributed by atoms with Crippen molar-refractivity contribution in [3.05, 3.63) is 52.0 Å². The van der Waals surface area contributed by atoms with E-state index in [0.29, 0.717) is 5.69 Å². The molecular weight excluding hydrogens is 370 g/mol. The number of nitrogens with one attached hydrogen (secondary N) is 1. The second kappa shape index (κ2) is 8.97. The molecule has 1 unspecified atom stereocenters. The molecule has 1 fully saturated rings. The van der Waals surface area contributed by atoms with Crippen molar-refractivity contribution in [1.29, 1.82) is 0 Å². The Hall–Kier alpha value is -2.05. The Morgan fingerprint density at radius 3 is 2.54 bits per heavy atom. The van der Waals surface area contributed by atoms with Crippen molar-refractivity contribution in [1.82, 2.24) is 15.2 Å². The molecule has 5 nitrogen and oxygen atoms in total. The first-order valence-electron chi connectivity index (χ1n) is 9.99. The van der Waals surface area contributed by atoms with Crippen LogP contribution in [0.15, 0.2) is 35.7 Å². The standard InChI is InChI=1S/C22H29N3O2S/c1-4-16(2)23-21(27)19-15-28-20(24-19)14-25-12-10-22(11-13-25,17(3)26)18-8-6-5-7-9-18/h5-9,15-16H,4,10-14H2,1-3H3,(H,23,27). The molecule has 6 heteroatoms. The molecule has 1 atom stereocenters. The number of carbonyl (C=O) groups is 2. The zero-order valence-electron chi connectivity index (χ0n) is 16.9. The highest BCUT2D eigenvalue weighted by atomic mass is 32.1. The van der Waals surface area contributed by atoms with E-state index in [1.807, 2.05) is 37.4 Å². The minimum Gasteiger partial charge on any atom is -0.348 e. The molecule has 0 bridgehead atoms. The molecular formula is C22H29N3O2S. The maximum absolute atomic E-state index is 12.5. The first-order chi connectivity index (χ1) is 13.4. The normalized spacial score (nSPS) is 17.8. The summed E-state index contributed by atoms with van der Waals surface area (Å²) in [6, 6.07) is 10.3. The number of hydrogen-bond acceptors (Lipinski definition) is 5. The minimum absolute atomic E-state index is 0.102. The highest BCUT2D eigenvalue weighted by Gasteiger charge is 2.40. The number of aromatic nitrogens is 1. The lowest BCUT2D eigenvalue weighted by molar-refractivity contribution is -0.124. The molecule has 0 aliphatic carbocycles. The van der Waals surface area contributed by atoms with Crippen molar-refractivity contribution in [3.8, 4) is 0 Å². The van der Waals surface area contributed by atoms with Crippen LogP contribution in [-0.2, 0) is 16.8 Å². The van der Waals surface area contributed by atoms with Gasteiger partial charge in [-0.2, -0.15) is 0 Å². The van der Waals surface area contributed by atoms with E-state index in [4.69, 9.17) is 0 Å². The quantitative estimate of drug-likeness (QED) is 0.769. The summed E-state index contributed by atoms with van der Waals surface area (Å²) in [5.41, 5.74) is 1.25. The highest BCUT2D eigenvalue weighted by molar-refractivity contribution is 7.09. The largest absolute Gasteiger partial charge is 0.348 e. The highest BCUT2D eigenvalue weighted by Crippen LogP contribution is 2.36.